The maximum Gasteiger partial charge on any atom is 0.330 e. The average molecular weight is 381 g/mol. The maximum atomic E-state index is 13.0. The van der Waals surface area contributed by atoms with Gasteiger partial charge in [-0.15, -0.1) is 0 Å². The summed E-state index contributed by atoms with van der Waals surface area (Å²) in [6.45, 7) is 0.391. The second kappa shape index (κ2) is 8.47. The summed E-state index contributed by atoms with van der Waals surface area (Å²) in [5, 5.41) is 0.574. The molecule has 27 heavy (non-hydrogen) atoms. The quantitative estimate of drug-likeness (QED) is 0.499. The van der Waals surface area contributed by atoms with Crippen molar-refractivity contribution in [3.8, 4) is 11.3 Å². The lowest BCUT2D eigenvalue weighted by atomic mass is 10.1. The monoisotopic (exact) mass is 380 g/mol. The lowest BCUT2D eigenvalue weighted by Crippen LogP contribution is -2.24. The average Bonchev–Trinajstić information content (AvgIpc) is 2.69. The van der Waals surface area contributed by atoms with Crippen LogP contribution in [0.5, 0.6) is 0 Å². The number of ether oxygens (including phenoxy) is 1. The first-order valence-electron chi connectivity index (χ1n) is 8.24. The Kier molecular flexibility index (Phi) is 5.84. The molecule has 3 rings (SSSR count). The van der Waals surface area contributed by atoms with E-state index in [1.807, 2.05) is 30.3 Å². The third kappa shape index (κ3) is 4.71. The number of carbonyl (C=O) groups excluding carboxylic acids is 1. The van der Waals surface area contributed by atoms with Crippen LogP contribution in [0.25, 0.3) is 17.3 Å². The smallest absolute Gasteiger partial charge is 0.330 e. The summed E-state index contributed by atoms with van der Waals surface area (Å²) >= 11 is 5.94. The molecular weight excluding hydrogens is 364 g/mol. The molecule has 3 aromatic rings. The van der Waals surface area contributed by atoms with E-state index in [1.54, 1.807) is 35.0 Å². The Bertz CT molecular complexity index is 1030. The number of rotatable bonds is 5. The number of nitrogens with zero attached hydrogens (tertiary/aromatic N) is 2. The van der Waals surface area contributed by atoms with Crippen LogP contribution in [0, 0.1) is 0 Å². The van der Waals surface area contributed by atoms with E-state index < -0.39 is 5.97 Å². The van der Waals surface area contributed by atoms with Gasteiger partial charge in [-0.05, 0) is 23.8 Å². The maximum absolute atomic E-state index is 13.0. The van der Waals surface area contributed by atoms with Crippen molar-refractivity contribution >= 4 is 23.6 Å². The lowest BCUT2D eigenvalue weighted by Gasteiger charge is -2.10. The third-order valence-corrected chi connectivity index (χ3v) is 4.15. The molecule has 0 bridgehead atoms. The number of carbonyl (C=O) groups is 1. The predicted octanol–water partition coefficient (Wildman–Crippen LogP) is 3.80. The normalized spacial score (nSPS) is 10.9. The van der Waals surface area contributed by atoms with Gasteiger partial charge in [-0.2, -0.15) is 0 Å². The van der Waals surface area contributed by atoms with Crippen LogP contribution in [0.15, 0.2) is 71.7 Å². The fourth-order valence-electron chi connectivity index (χ4n) is 2.56. The predicted molar refractivity (Wildman–Crippen MR) is 106 cm³/mol. The Morgan fingerprint density at radius 1 is 1.15 bits per heavy atom. The van der Waals surface area contributed by atoms with Crippen LogP contribution < -0.4 is 5.56 Å². The molecule has 0 atom stereocenters. The number of hydrogen-bond acceptors (Lipinski definition) is 4. The Balaban J connectivity index is 2.09. The van der Waals surface area contributed by atoms with Gasteiger partial charge >= 0.3 is 5.97 Å². The zero-order valence-electron chi connectivity index (χ0n) is 14.6. The van der Waals surface area contributed by atoms with E-state index in [0.717, 1.165) is 5.56 Å². The highest BCUT2D eigenvalue weighted by Crippen LogP contribution is 2.18. The largest absolute Gasteiger partial charge is 0.466 e. The number of benzene rings is 2. The minimum Gasteiger partial charge on any atom is -0.466 e. The van der Waals surface area contributed by atoms with Gasteiger partial charge in [0, 0.05) is 22.9 Å². The van der Waals surface area contributed by atoms with Gasteiger partial charge in [0.15, 0.2) is 0 Å². The van der Waals surface area contributed by atoms with Gasteiger partial charge in [0.1, 0.15) is 5.69 Å². The van der Waals surface area contributed by atoms with Crippen LogP contribution in [-0.2, 0) is 16.1 Å². The van der Waals surface area contributed by atoms with Crippen LogP contribution in [0.2, 0.25) is 5.02 Å². The molecule has 0 saturated heterocycles. The summed E-state index contributed by atoms with van der Waals surface area (Å²) in [7, 11) is 1.30. The summed E-state index contributed by atoms with van der Waals surface area (Å²) in [5.74, 6) is -0.495. The lowest BCUT2D eigenvalue weighted by molar-refractivity contribution is -0.134. The third-order valence-electron chi connectivity index (χ3n) is 3.90. The summed E-state index contributed by atoms with van der Waals surface area (Å²) < 4.78 is 6.19. The van der Waals surface area contributed by atoms with Gasteiger partial charge in [0.2, 0.25) is 0 Å². The summed E-state index contributed by atoms with van der Waals surface area (Å²) in [4.78, 5) is 28.8. The number of esters is 1. The highest BCUT2D eigenvalue weighted by atomic mass is 35.5. The van der Waals surface area contributed by atoms with Crippen molar-refractivity contribution in [1.82, 2.24) is 9.55 Å². The number of hydrogen-bond donors (Lipinski definition) is 0. The van der Waals surface area contributed by atoms with Gasteiger partial charge in [-0.3, -0.25) is 4.79 Å². The van der Waals surface area contributed by atoms with Gasteiger partial charge in [0.05, 0.1) is 19.3 Å². The van der Waals surface area contributed by atoms with E-state index in [2.05, 4.69) is 9.72 Å². The Hall–Kier alpha value is -3.18. The molecule has 0 aliphatic carbocycles. The molecule has 0 amide bonds. The van der Waals surface area contributed by atoms with Crippen molar-refractivity contribution in [3.05, 3.63) is 93.5 Å². The van der Waals surface area contributed by atoms with Crippen LogP contribution >= 0.6 is 11.6 Å². The second-order valence-electron chi connectivity index (χ2n) is 5.80. The van der Waals surface area contributed by atoms with Crippen LogP contribution in [0.1, 0.15) is 11.3 Å². The number of halogens is 1. The minimum absolute atomic E-state index is 0.226. The van der Waals surface area contributed by atoms with Crippen molar-refractivity contribution in [3.63, 3.8) is 0 Å². The zero-order valence-corrected chi connectivity index (χ0v) is 15.4. The van der Waals surface area contributed by atoms with Gasteiger partial charge in [-0.25, -0.2) is 9.78 Å². The first kappa shape index (κ1) is 18.6. The van der Waals surface area contributed by atoms with Gasteiger partial charge in [0.25, 0.3) is 5.56 Å². The minimum atomic E-state index is -0.495. The molecule has 0 saturated carbocycles. The van der Waals surface area contributed by atoms with Crippen LogP contribution in [-0.4, -0.2) is 22.6 Å². The molecule has 1 heterocycles. The first-order chi connectivity index (χ1) is 13.1. The fourth-order valence-corrected chi connectivity index (χ4v) is 2.68. The molecule has 0 unspecified atom stereocenters. The second-order valence-corrected chi connectivity index (χ2v) is 6.23. The fraction of sp³-hybridized carbons (Fsp3) is 0.0952. The van der Waals surface area contributed by atoms with Crippen LogP contribution in [0.3, 0.4) is 0 Å². The van der Waals surface area contributed by atoms with E-state index >= 15 is 0 Å². The zero-order chi connectivity index (χ0) is 19.2. The first-order valence-corrected chi connectivity index (χ1v) is 8.62. The van der Waals surface area contributed by atoms with Crippen LogP contribution in [0.4, 0.5) is 0 Å². The molecule has 0 radical (unpaired) electrons. The molecule has 136 valence electrons. The van der Waals surface area contributed by atoms with Crippen molar-refractivity contribution in [2.75, 3.05) is 7.11 Å². The van der Waals surface area contributed by atoms with E-state index in [9.17, 15) is 9.59 Å². The van der Waals surface area contributed by atoms with E-state index in [4.69, 9.17) is 11.6 Å². The number of methoxy groups -OCH3 is 1. The molecule has 0 aliphatic rings. The summed E-state index contributed by atoms with van der Waals surface area (Å²) in [6.07, 6.45) is 4.41. The molecule has 0 aliphatic heterocycles. The van der Waals surface area contributed by atoms with Gasteiger partial charge < -0.3 is 9.30 Å². The van der Waals surface area contributed by atoms with E-state index in [-0.39, 0.29) is 11.3 Å². The molecule has 2 aromatic carbocycles. The summed E-state index contributed by atoms with van der Waals surface area (Å²) in [5.41, 5.74) is 2.17. The molecule has 0 N–H and O–H groups in total. The molecule has 0 spiro atoms. The molecule has 5 nitrogen and oxygen atoms in total. The Morgan fingerprint density at radius 2 is 1.85 bits per heavy atom. The van der Waals surface area contributed by atoms with Gasteiger partial charge in [-0.1, -0.05) is 54.1 Å². The highest BCUT2D eigenvalue weighted by Gasteiger charge is 2.11. The highest BCUT2D eigenvalue weighted by molar-refractivity contribution is 6.30. The van der Waals surface area contributed by atoms with E-state index in [1.165, 1.54) is 19.3 Å². The van der Waals surface area contributed by atoms with E-state index in [0.29, 0.717) is 22.8 Å². The number of aromatic nitrogens is 2. The Morgan fingerprint density at radius 3 is 2.52 bits per heavy atom. The molecule has 6 heteroatoms. The van der Waals surface area contributed by atoms with Crippen molar-refractivity contribution in [2.45, 2.75) is 6.54 Å². The Labute approximate surface area is 161 Å². The van der Waals surface area contributed by atoms with Crippen molar-refractivity contribution < 1.29 is 9.53 Å². The SMILES string of the molecule is COC(=O)/C=C/c1cn(Cc2ccccc2)c(=O)c(-c2ccc(Cl)cc2)n1. The molecule has 0 fully saturated rings. The molecule has 1 aromatic heterocycles. The standard InChI is InChI=1S/C21H17ClN2O3/c1-27-19(25)12-11-18-14-24(13-15-5-3-2-4-6-15)21(26)20(23-18)16-7-9-17(22)10-8-16/h2-12,14H,13H2,1H3/b12-11+. The van der Waals surface area contributed by atoms with Crippen molar-refractivity contribution in [2.24, 2.45) is 0 Å². The molecular formula is C21H17ClN2O3. The topological polar surface area (TPSA) is 61.2 Å². The van der Waals surface area contributed by atoms with Crippen molar-refractivity contribution in [1.29, 1.82) is 0 Å². The summed E-state index contributed by atoms with van der Waals surface area (Å²) in [6, 6.07) is 16.5.